The minimum absolute atomic E-state index is 0.244. The van der Waals surface area contributed by atoms with Gasteiger partial charge in [-0.05, 0) is 18.1 Å². The van der Waals surface area contributed by atoms with E-state index in [9.17, 15) is 4.79 Å². The Hall–Kier alpha value is -1.04. The summed E-state index contributed by atoms with van der Waals surface area (Å²) in [6.07, 6.45) is 1.72. The van der Waals surface area contributed by atoms with Crippen molar-refractivity contribution in [1.82, 2.24) is 10.2 Å². The Balaban J connectivity index is 1.33. The van der Waals surface area contributed by atoms with Crippen molar-refractivity contribution in [3.63, 3.8) is 0 Å². The van der Waals surface area contributed by atoms with Crippen LogP contribution in [0.4, 0.5) is 0 Å². The first-order valence-electron chi connectivity index (χ1n) is 7.64. The van der Waals surface area contributed by atoms with E-state index in [4.69, 9.17) is 4.74 Å². The number of hydrogen-bond donors (Lipinski definition) is 1. The molecule has 5 heteroatoms. The summed E-state index contributed by atoms with van der Waals surface area (Å²) in [6, 6.07) is 8.62. The molecule has 1 fully saturated rings. The molecular weight excluding hydrogens is 284 g/mol. The van der Waals surface area contributed by atoms with Gasteiger partial charge in [-0.15, -0.1) is 11.8 Å². The summed E-state index contributed by atoms with van der Waals surface area (Å²) >= 11 is 1.95. The molecule has 1 aromatic carbocycles. The lowest BCUT2D eigenvalue weighted by molar-refractivity contribution is -0.135. The van der Waals surface area contributed by atoms with Crippen molar-refractivity contribution in [2.24, 2.45) is 0 Å². The molecule has 4 nitrogen and oxygen atoms in total. The number of rotatable bonds is 5. The SMILES string of the molecule is O=C(CCNCC1Cc2ccccc2S1)N1CCOCC1. The molecule has 0 bridgehead atoms. The maximum atomic E-state index is 12.0. The van der Waals surface area contributed by atoms with Crippen LogP contribution in [0.2, 0.25) is 0 Å². The molecule has 0 spiro atoms. The molecule has 0 radical (unpaired) electrons. The number of hydrogen-bond acceptors (Lipinski definition) is 4. The Morgan fingerprint density at radius 2 is 2.14 bits per heavy atom. The number of nitrogens with zero attached hydrogens (tertiary/aromatic N) is 1. The van der Waals surface area contributed by atoms with Crippen molar-refractivity contribution < 1.29 is 9.53 Å². The van der Waals surface area contributed by atoms with Crippen molar-refractivity contribution in [2.45, 2.75) is 23.0 Å². The summed E-state index contributed by atoms with van der Waals surface area (Å²) in [6.45, 7) is 4.57. The predicted octanol–water partition coefficient (Wildman–Crippen LogP) is 1.54. The summed E-state index contributed by atoms with van der Waals surface area (Å²) in [4.78, 5) is 15.3. The van der Waals surface area contributed by atoms with Gasteiger partial charge in [0.25, 0.3) is 0 Å². The van der Waals surface area contributed by atoms with Crippen LogP contribution in [-0.4, -0.2) is 55.4 Å². The third-order valence-electron chi connectivity index (χ3n) is 3.97. The molecule has 0 aliphatic carbocycles. The van der Waals surface area contributed by atoms with Gasteiger partial charge in [0.15, 0.2) is 0 Å². The molecule has 0 aromatic heterocycles. The van der Waals surface area contributed by atoms with E-state index in [1.54, 1.807) is 0 Å². The molecule has 1 unspecified atom stereocenters. The van der Waals surface area contributed by atoms with Crippen LogP contribution in [0.25, 0.3) is 0 Å². The van der Waals surface area contributed by atoms with Crippen molar-refractivity contribution >= 4 is 17.7 Å². The van der Waals surface area contributed by atoms with Crippen molar-refractivity contribution in [1.29, 1.82) is 0 Å². The van der Waals surface area contributed by atoms with Crippen molar-refractivity contribution in [2.75, 3.05) is 39.4 Å². The normalized spacial score (nSPS) is 21.3. The van der Waals surface area contributed by atoms with E-state index in [-0.39, 0.29) is 5.91 Å². The van der Waals surface area contributed by atoms with E-state index in [1.165, 1.54) is 10.5 Å². The molecule has 2 aliphatic rings. The summed E-state index contributed by atoms with van der Waals surface area (Å²) in [7, 11) is 0. The van der Waals surface area contributed by atoms with Gasteiger partial charge in [0.1, 0.15) is 0 Å². The molecule has 2 aliphatic heterocycles. The lowest BCUT2D eigenvalue weighted by atomic mass is 10.1. The molecule has 114 valence electrons. The Kier molecular flexibility index (Phi) is 5.17. The van der Waals surface area contributed by atoms with Gasteiger partial charge in [0.05, 0.1) is 13.2 Å². The maximum absolute atomic E-state index is 12.0. The lowest BCUT2D eigenvalue weighted by Gasteiger charge is -2.27. The quantitative estimate of drug-likeness (QED) is 0.838. The minimum Gasteiger partial charge on any atom is -0.378 e. The Morgan fingerprint density at radius 3 is 2.95 bits per heavy atom. The predicted molar refractivity (Wildman–Crippen MR) is 84.7 cm³/mol. The molecule has 1 amide bonds. The van der Waals surface area contributed by atoms with Crippen LogP contribution in [0.3, 0.4) is 0 Å². The van der Waals surface area contributed by atoms with E-state index in [0.29, 0.717) is 24.9 Å². The average molecular weight is 306 g/mol. The summed E-state index contributed by atoms with van der Waals surface area (Å²) in [5.41, 5.74) is 1.46. The van der Waals surface area contributed by atoms with E-state index in [1.807, 2.05) is 16.7 Å². The van der Waals surface area contributed by atoms with Crippen LogP contribution in [0.1, 0.15) is 12.0 Å². The minimum atomic E-state index is 0.244. The molecular formula is C16H22N2O2S. The highest BCUT2D eigenvalue weighted by Gasteiger charge is 2.21. The zero-order chi connectivity index (χ0) is 14.5. The smallest absolute Gasteiger partial charge is 0.224 e. The lowest BCUT2D eigenvalue weighted by Crippen LogP contribution is -2.41. The molecule has 1 atom stereocenters. The number of nitrogens with one attached hydrogen (secondary N) is 1. The Labute approximate surface area is 130 Å². The molecule has 0 saturated carbocycles. The van der Waals surface area contributed by atoms with E-state index in [2.05, 4.69) is 29.6 Å². The topological polar surface area (TPSA) is 41.6 Å². The number of carbonyl (C=O) groups is 1. The molecule has 21 heavy (non-hydrogen) atoms. The van der Waals surface area contributed by atoms with Gasteiger partial charge in [-0.25, -0.2) is 0 Å². The van der Waals surface area contributed by atoms with E-state index >= 15 is 0 Å². The highest BCUT2D eigenvalue weighted by atomic mass is 32.2. The van der Waals surface area contributed by atoms with Crippen LogP contribution in [-0.2, 0) is 16.0 Å². The average Bonchev–Trinajstić information content (AvgIpc) is 2.95. The molecule has 1 aromatic rings. The fourth-order valence-corrected chi connectivity index (χ4v) is 4.08. The van der Waals surface area contributed by atoms with Gasteiger partial charge in [-0.2, -0.15) is 0 Å². The van der Waals surface area contributed by atoms with Crippen molar-refractivity contribution in [3.8, 4) is 0 Å². The van der Waals surface area contributed by atoms with Crippen LogP contribution in [0.15, 0.2) is 29.2 Å². The van der Waals surface area contributed by atoms with Gasteiger partial charge in [0, 0.05) is 42.7 Å². The van der Waals surface area contributed by atoms with Gasteiger partial charge in [-0.1, -0.05) is 18.2 Å². The first-order chi connectivity index (χ1) is 10.3. The molecule has 1 saturated heterocycles. The van der Waals surface area contributed by atoms with Gasteiger partial charge >= 0.3 is 0 Å². The second-order valence-electron chi connectivity index (χ2n) is 5.50. The fraction of sp³-hybridized carbons (Fsp3) is 0.562. The highest BCUT2D eigenvalue weighted by molar-refractivity contribution is 8.00. The summed E-state index contributed by atoms with van der Waals surface area (Å²) in [5, 5.41) is 4.03. The zero-order valence-corrected chi connectivity index (χ0v) is 13.0. The highest BCUT2D eigenvalue weighted by Crippen LogP contribution is 2.36. The van der Waals surface area contributed by atoms with Crippen LogP contribution in [0.5, 0.6) is 0 Å². The molecule has 3 rings (SSSR count). The number of ether oxygens (including phenoxy) is 1. The van der Waals surface area contributed by atoms with Crippen LogP contribution >= 0.6 is 11.8 Å². The van der Waals surface area contributed by atoms with Crippen LogP contribution in [0, 0.1) is 0 Å². The third-order valence-corrected chi connectivity index (χ3v) is 5.28. The first-order valence-corrected chi connectivity index (χ1v) is 8.52. The first kappa shape index (κ1) is 14.9. The number of carbonyl (C=O) groups excluding carboxylic acids is 1. The monoisotopic (exact) mass is 306 g/mol. The van der Waals surface area contributed by atoms with Gasteiger partial charge in [0.2, 0.25) is 5.91 Å². The van der Waals surface area contributed by atoms with E-state index in [0.717, 1.165) is 32.6 Å². The van der Waals surface area contributed by atoms with Crippen molar-refractivity contribution in [3.05, 3.63) is 29.8 Å². The Bertz CT molecular complexity index is 464. The number of amides is 1. The third kappa shape index (κ3) is 3.99. The second kappa shape index (κ2) is 7.29. The summed E-state index contributed by atoms with van der Waals surface area (Å²) < 4.78 is 5.26. The van der Waals surface area contributed by atoms with E-state index < -0.39 is 0 Å². The van der Waals surface area contributed by atoms with Gasteiger partial charge < -0.3 is 15.0 Å². The Morgan fingerprint density at radius 1 is 1.33 bits per heavy atom. The second-order valence-corrected chi connectivity index (χ2v) is 6.84. The van der Waals surface area contributed by atoms with Gasteiger partial charge in [-0.3, -0.25) is 4.79 Å². The van der Waals surface area contributed by atoms with Crippen LogP contribution < -0.4 is 5.32 Å². The largest absolute Gasteiger partial charge is 0.378 e. The summed E-state index contributed by atoms with van der Waals surface area (Å²) in [5.74, 6) is 0.244. The standard InChI is InChI=1S/C16H22N2O2S/c19-16(18-7-9-20-10-8-18)5-6-17-12-14-11-13-3-1-2-4-15(13)21-14/h1-4,14,17H,5-12H2. The number of thioether (sulfide) groups is 1. The number of benzene rings is 1. The zero-order valence-electron chi connectivity index (χ0n) is 12.2. The number of morpholine rings is 1. The maximum Gasteiger partial charge on any atom is 0.224 e. The molecule has 2 heterocycles. The number of fused-ring (bicyclic) bond motifs is 1. The fourth-order valence-electron chi connectivity index (χ4n) is 2.80. The molecule has 1 N–H and O–H groups in total.